The Hall–Kier alpha value is -2.14. The van der Waals surface area contributed by atoms with E-state index in [4.69, 9.17) is 14.2 Å². The first-order valence-electron chi connectivity index (χ1n) is 13.6. The first-order chi connectivity index (χ1) is 17.6. The molecular formula is C28H34O10. The average Bonchev–Trinajstić information content (AvgIpc) is 3.20. The number of carbonyl (C=O) groups excluding carboxylic acids is 4. The van der Waals surface area contributed by atoms with Gasteiger partial charge in [-0.05, 0) is 56.4 Å². The molecule has 4 bridgehead atoms. The highest BCUT2D eigenvalue weighted by Gasteiger charge is 2.92. The Morgan fingerprint density at radius 2 is 1.74 bits per heavy atom. The van der Waals surface area contributed by atoms with Crippen LogP contribution < -0.4 is 0 Å². The van der Waals surface area contributed by atoms with Crippen molar-refractivity contribution in [1.82, 2.24) is 0 Å². The zero-order valence-electron chi connectivity index (χ0n) is 21.9. The van der Waals surface area contributed by atoms with Gasteiger partial charge < -0.3 is 29.5 Å². The number of fused-ring (bicyclic) bond motifs is 9. The molecule has 4 saturated heterocycles. The topological polar surface area (TPSA) is 157 Å². The van der Waals surface area contributed by atoms with Crippen molar-refractivity contribution in [3.05, 3.63) is 12.2 Å². The lowest BCUT2D eigenvalue weighted by molar-refractivity contribution is -0.352. The second-order valence-corrected chi connectivity index (χ2v) is 13.5. The lowest BCUT2D eigenvalue weighted by Gasteiger charge is -2.62. The van der Waals surface area contributed by atoms with E-state index < -0.39 is 92.9 Å². The van der Waals surface area contributed by atoms with E-state index in [1.807, 2.05) is 0 Å². The van der Waals surface area contributed by atoms with Gasteiger partial charge in [-0.1, -0.05) is 26.8 Å². The Morgan fingerprint density at radius 3 is 2.45 bits per heavy atom. The van der Waals surface area contributed by atoms with Crippen LogP contribution in [0.5, 0.6) is 0 Å². The summed E-state index contributed by atoms with van der Waals surface area (Å²) in [5.74, 6) is -9.22. The highest BCUT2D eigenvalue weighted by Crippen LogP contribution is 2.73. The number of esters is 2. The predicted molar refractivity (Wildman–Crippen MR) is 126 cm³/mol. The van der Waals surface area contributed by atoms with Crippen LogP contribution >= 0.6 is 0 Å². The van der Waals surface area contributed by atoms with Crippen LogP contribution in [0.15, 0.2) is 12.2 Å². The highest BCUT2D eigenvalue weighted by molar-refractivity contribution is 5.99. The van der Waals surface area contributed by atoms with Gasteiger partial charge in [0.15, 0.2) is 28.4 Å². The Morgan fingerprint density at radius 1 is 1.03 bits per heavy atom. The van der Waals surface area contributed by atoms with Gasteiger partial charge in [-0.15, -0.1) is 0 Å². The standard InChI is InChI=1S/C28H34O10/c1-12-21(32)36-18-11-23(12,2)19-20(31)27(35)15-10-16(29)14-6-5-7-17(30)24(14,3)13(15)8-9-26(34)22(33)37-25(18,4)28(19,26)38-27/h5,7,12-16,18-19,29,34-35H,6,8-11H2,1-4H3/t12-,13?,14?,15?,16-,18+,19?,23+,24+,25-,26+,27+,28-/m0/s1. The number of rotatable bonds is 0. The van der Waals surface area contributed by atoms with E-state index in [9.17, 15) is 34.5 Å². The minimum atomic E-state index is -2.53. The molecule has 6 fully saturated rings. The summed E-state index contributed by atoms with van der Waals surface area (Å²) in [5, 5.41) is 36.0. The third-order valence-electron chi connectivity index (χ3n) is 12.3. The lowest BCUT2D eigenvalue weighted by atomic mass is 9.46. The molecule has 0 aromatic carbocycles. The Balaban J connectivity index is 1.49. The molecule has 3 aliphatic carbocycles. The number of aliphatic hydroxyl groups is 3. The van der Waals surface area contributed by atoms with Gasteiger partial charge in [0.1, 0.15) is 6.10 Å². The van der Waals surface area contributed by atoms with Gasteiger partial charge in [-0.25, -0.2) is 4.79 Å². The maximum Gasteiger partial charge on any atom is 0.342 e. The van der Waals surface area contributed by atoms with E-state index >= 15 is 0 Å². The van der Waals surface area contributed by atoms with E-state index in [0.29, 0.717) is 6.42 Å². The summed E-state index contributed by atoms with van der Waals surface area (Å²) in [6.07, 6.45) is 1.79. The minimum absolute atomic E-state index is 0.00611. The Kier molecular flexibility index (Phi) is 4.43. The maximum atomic E-state index is 14.6. The fraction of sp³-hybridized carbons (Fsp3) is 0.786. The molecule has 0 amide bonds. The summed E-state index contributed by atoms with van der Waals surface area (Å²) in [4.78, 5) is 54.7. The molecule has 1 spiro atoms. The van der Waals surface area contributed by atoms with Gasteiger partial charge in [-0.2, -0.15) is 0 Å². The SMILES string of the molecule is C[C@H]1C(=O)O[C@@H]2C[C@@]1(C)C1C(=O)[C@]3(O)O[C@@]14[C@@](O)(CCC1C3C[C@H](O)C3CC=CC(=O)[C@]13C)C(=O)O[C@@]24C. The molecule has 0 aromatic rings. The zero-order chi connectivity index (χ0) is 27.4. The van der Waals surface area contributed by atoms with Crippen molar-refractivity contribution in [3.8, 4) is 0 Å². The van der Waals surface area contributed by atoms with Crippen molar-refractivity contribution >= 4 is 23.5 Å². The van der Waals surface area contributed by atoms with Crippen LogP contribution in [0.25, 0.3) is 0 Å². The van der Waals surface area contributed by atoms with E-state index in [1.54, 1.807) is 26.8 Å². The van der Waals surface area contributed by atoms with E-state index in [0.717, 1.165) is 0 Å². The van der Waals surface area contributed by atoms with Crippen molar-refractivity contribution < 1.29 is 48.7 Å². The Bertz CT molecular complexity index is 1240. The van der Waals surface area contributed by atoms with Crippen molar-refractivity contribution in [1.29, 1.82) is 0 Å². The molecule has 2 saturated carbocycles. The molecular weight excluding hydrogens is 496 g/mol. The molecule has 10 heteroatoms. The number of aliphatic hydroxyl groups excluding tert-OH is 1. The molecule has 0 radical (unpaired) electrons. The van der Waals surface area contributed by atoms with Crippen molar-refractivity contribution in [3.63, 3.8) is 0 Å². The van der Waals surface area contributed by atoms with Crippen molar-refractivity contribution in [2.45, 2.75) is 94.6 Å². The lowest BCUT2D eigenvalue weighted by Crippen LogP contribution is -2.78. The summed E-state index contributed by atoms with van der Waals surface area (Å²) in [5.41, 5.74) is -8.37. The second-order valence-electron chi connectivity index (χ2n) is 13.5. The molecule has 4 aliphatic heterocycles. The van der Waals surface area contributed by atoms with Gasteiger partial charge >= 0.3 is 11.9 Å². The fourth-order valence-corrected chi connectivity index (χ4v) is 10.0. The highest BCUT2D eigenvalue weighted by atomic mass is 16.7. The molecule has 7 aliphatic rings. The predicted octanol–water partition coefficient (Wildman–Crippen LogP) is 0.590. The van der Waals surface area contributed by atoms with Crippen molar-refractivity contribution in [2.75, 3.05) is 0 Å². The van der Waals surface area contributed by atoms with Gasteiger partial charge in [0.25, 0.3) is 0 Å². The molecule has 4 unspecified atom stereocenters. The average molecular weight is 531 g/mol. The molecule has 206 valence electrons. The fourth-order valence-electron chi connectivity index (χ4n) is 10.0. The van der Waals surface area contributed by atoms with Gasteiger partial charge in [0.05, 0.1) is 17.9 Å². The van der Waals surface area contributed by atoms with Crippen molar-refractivity contribution in [2.24, 2.45) is 40.4 Å². The molecule has 0 aromatic heterocycles. The Labute approximate surface area is 219 Å². The van der Waals surface area contributed by atoms with Gasteiger partial charge in [-0.3, -0.25) is 14.4 Å². The number of carbonyl (C=O) groups is 4. The summed E-state index contributed by atoms with van der Waals surface area (Å²) < 4.78 is 18.1. The second kappa shape index (κ2) is 6.77. The van der Waals surface area contributed by atoms with Gasteiger partial charge in [0, 0.05) is 17.3 Å². The summed E-state index contributed by atoms with van der Waals surface area (Å²) in [7, 11) is 0. The third kappa shape index (κ3) is 2.24. The van der Waals surface area contributed by atoms with Gasteiger partial charge in [0.2, 0.25) is 5.79 Å². The molecule has 3 N–H and O–H groups in total. The summed E-state index contributed by atoms with van der Waals surface area (Å²) >= 11 is 0. The first-order valence-corrected chi connectivity index (χ1v) is 13.6. The van der Waals surface area contributed by atoms with Crippen LogP contribution in [0.1, 0.15) is 59.8 Å². The minimum Gasteiger partial charge on any atom is -0.458 e. The number of allylic oxidation sites excluding steroid dienone is 2. The third-order valence-corrected chi connectivity index (χ3v) is 12.3. The van der Waals surface area contributed by atoms with Crippen LogP contribution in [0.4, 0.5) is 0 Å². The quantitative estimate of drug-likeness (QED) is 0.379. The normalized spacial score (nSPS) is 60.2. The molecule has 38 heavy (non-hydrogen) atoms. The van der Waals surface area contributed by atoms with Crippen LogP contribution in [0.3, 0.4) is 0 Å². The smallest absolute Gasteiger partial charge is 0.342 e. The molecule has 13 atom stereocenters. The van der Waals surface area contributed by atoms with Crippen LogP contribution in [0, 0.1) is 40.4 Å². The number of ketones is 2. The van der Waals surface area contributed by atoms with Crippen LogP contribution in [-0.4, -0.2) is 73.6 Å². The molecule has 10 nitrogen and oxygen atoms in total. The van der Waals surface area contributed by atoms with E-state index in [2.05, 4.69) is 0 Å². The first kappa shape index (κ1) is 24.9. The van der Waals surface area contributed by atoms with E-state index in [1.165, 1.54) is 13.0 Å². The van der Waals surface area contributed by atoms with Crippen LogP contribution in [-0.2, 0) is 33.4 Å². The maximum absolute atomic E-state index is 14.6. The molecule has 7 rings (SSSR count). The number of ether oxygens (including phenoxy) is 3. The largest absolute Gasteiger partial charge is 0.458 e. The monoisotopic (exact) mass is 530 g/mol. The number of hydrogen-bond acceptors (Lipinski definition) is 10. The zero-order valence-corrected chi connectivity index (χ0v) is 21.9. The summed E-state index contributed by atoms with van der Waals surface area (Å²) in [6.45, 7) is 6.62. The number of Topliss-reactive ketones (excluding diaryl/α,β-unsaturated/α-hetero) is 1. The molecule has 4 heterocycles. The number of hydrogen-bond donors (Lipinski definition) is 3. The summed E-state index contributed by atoms with van der Waals surface area (Å²) in [6, 6.07) is 0. The van der Waals surface area contributed by atoms with Crippen LogP contribution in [0.2, 0.25) is 0 Å². The van der Waals surface area contributed by atoms with E-state index in [-0.39, 0.29) is 31.5 Å².